The molecule has 9 nitrogen and oxygen atoms in total. The fourth-order valence-corrected chi connectivity index (χ4v) is 1.51. The normalized spacial score (nSPS) is 10.2. The summed E-state index contributed by atoms with van der Waals surface area (Å²) in [7, 11) is 0. The molecule has 0 fully saturated rings. The minimum Gasteiger partial charge on any atom is -0.491 e. The third kappa shape index (κ3) is 3.28. The predicted molar refractivity (Wildman–Crippen MR) is 67.5 cm³/mol. The van der Waals surface area contributed by atoms with Crippen molar-refractivity contribution in [3.8, 4) is 5.75 Å². The van der Waals surface area contributed by atoms with Crippen molar-refractivity contribution >= 4 is 11.4 Å². The minimum atomic E-state index is -0.537. The van der Waals surface area contributed by atoms with Gasteiger partial charge in [0.25, 0.3) is 5.69 Å². The van der Waals surface area contributed by atoms with Crippen LogP contribution in [0.4, 0.5) is 11.4 Å². The monoisotopic (exact) mass is 278 g/mol. The molecule has 0 amide bonds. The third-order valence-corrected chi connectivity index (χ3v) is 2.45. The average molecular weight is 278 g/mol. The molecule has 0 N–H and O–H groups in total. The van der Waals surface area contributed by atoms with Gasteiger partial charge < -0.3 is 4.74 Å². The van der Waals surface area contributed by atoms with Crippen LogP contribution in [0.1, 0.15) is 0 Å². The molecule has 0 atom stereocenters. The predicted octanol–water partition coefficient (Wildman–Crippen LogP) is 1.78. The quantitative estimate of drug-likeness (QED) is 0.587. The first-order valence-electron chi connectivity index (χ1n) is 5.60. The van der Waals surface area contributed by atoms with Crippen molar-refractivity contribution in [2.24, 2.45) is 0 Å². The van der Waals surface area contributed by atoms with Crippen LogP contribution in [0, 0.1) is 20.2 Å². The SMILES string of the molecule is O=[N+]([O-])c1cccc(OCCn2cc([N+](=O)[O-])cn2)c1. The summed E-state index contributed by atoms with van der Waals surface area (Å²) in [6, 6.07) is 5.79. The van der Waals surface area contributed by atoms with Crippen molar-refractivity contribution < 1.29 is 14.6 Å². The Morgan fingerprint density at radius 2 is 1.95 bits per heavy atom. The van der Waals surface area contributed by atoms with Gasteiger partial charge in [-0.15, -0.1) is 0 Å². The lowest BCUT2D eigenvalue weighted by Crippen LogP contribution is -2.08. The maximum Gasteiger partial charge on any atom is 0.306 e. The second-order valence-electron chi connectivity index (χ2n) is 3.82. The number of nitro benzene ring substituents is 1. The molecule has 0 saturated heterocycles. The largest absolute Gasteiger partial charge is 0.491 e. The standard InChI is InChI=1S/C11H10N4O5/c16-14(17)9-2-1-3-11(6-9)20-5-4-13-8-10(7-12-13)15(18)19/h1-3,6-8H,4-5H2. The van der Waals surface area contributed by atoms with Gasteiger partial charge in [-0.1, -0.05) is 6.07 Å². The molecule has 0 radical (unpaired) electrons. The van der Waals surface area contributed by atoms with Crippen LogP contribution in [0.2, 0.25) is 0 Å². The second-order valence-corrected chi connectivity index (χ2v) is 3.82. The van der Waals surface area contributed by atoms with E-state index in [4.69, 9.17) is 4.74 Å². The first kappa shape index (κ1) is 13.5. The number of aromatic nitrogens is 2. The molecule has 104 valence electrons. The van der Waals surface area contributed by atoms with E-state index < -0.39 is 9.85 Å². The Hall–Kier alpha value is -2.97. The summed E-state index contributed by atoms with van der Waals surface area (Å²) in [6.07, 6.45) is 2.43. The topological polar surface area (TPSA) is 113 Å². The Morgan fingerprint density at radius 3 is 2.60 bits per heavy atom. The number of nitrogens with zero attached hydrogens (tertiary/aromatic N) is 4. The van der Waals surface area contributed by atoms with Crippen molar-refractivity contribution in [3.05, 3.63) is 56.9 Å². The van der Waals surface area contributed by atoms with Gasteiger partial charge in [-0.2, -0.15) is 5.10 Å². The number of hydrogen-bond acceptors (Lipinski definition) is 6. The summed E-state index contributed by atoms with van der Waals surface area (Å²) in [6.45, 7) is 0.497. The highest BCUT2D eigenvalue weighted by atomic mass is 16.6. The molecule has 1 aromatic carbocycles. The third-order valence-electron chi connectivity index (χ3n) is 2.45. The van der Waals surface area contributed by atoms with E-state index in [0.717, 1.165) is 6.20 Å². The van der Waals surface area contributed by atoms with Crippen LogP contribution in [-0.2, 0) is 6.54 Å². The number of nitro groups is 2. The number of ether oxygens (including phenoxy) is 1. The van der Waals surface area contributed by atoms with Crippen molar-refractivity contribution in [3.63, 3.8) is 0 Å². The summed E-state index contributed by atoms with van der Waals surface area (Å²) >= 11 is 0. The Morgan fingerprint density at radius 1 is 1.20 bits per heavy atom. The van der Waals surface area contributed by atoms with Gasteiger partial charge in [0.05, 0.1) is 22.5 Å². The first-order valence-corrected chi connectivity index (χ1v) is 5.60. The second kappa shape index (κ2) is 5.78. The van der Waals surface area contributed by atoms with Crippen LogP contribution in [0.15, 0.2) is 36.7 Å². The van der Waals surface area contributed by atoms with Crippen LogP contribution in [0.25, 0.3) is 0 Å². The van der Waals surface area contributed by atoms with Crippen LogP contribution < -0.4 is 4.74 Å². The van der Waals surface area contributed by atoms with Gasteiger partial charge in [0, 0.05) is 6.07 Å². The fourth-order valence-electron chi connectivity index (χ4n) is 1.51. The van der Waals surface area contributed by atoms with Crippen molar-refractivity contribution in [2.45, 2.75) is 6.54 Å². The molecule has 0 aliphatic carbocycles. The highest BCUT2D eigenvalue weighted by Gasteiger charge is 2.09. The molecule has 0 unspecified atom stereocenters. The van der Waals surface area contributed by atoms with Gasteiger partial charge in [0.2, 0.25) is 0 Å². The molecular formula is C11H10N4O5. The van der Waals surface area contributed by atoms with Crippen molar-refractivity contribution in [1.29, 1.82) is 0 Å². The van der Waals surface area contributed by atoms with Gasteiger partial charge in [-0.05, 0) is 6.07 Å². The van der Waals surface area contributed by atoms with E-state index in [1.54, 1.807) is 6.07 Å². The van der Waals surface area contributed by atoms with Gasteiger partial charge >= 0.3 is 5.69 Å². The Balaban J connectivity index is 1.90. The average Bonchev–Trinajstić information content (AvgIpc) is 2.88. The van der Waals surface area contributed by atoms with Crippen molar-refractivity contribution in [1.82, 2.24) is 9.78 Å². The smallest absolute Gasteiger partial charge is 0.306 e. The summed E-state index contributed by atoms with van der Waals surface area (Å²) < 4.78 is 6.71. The number of non-ortho nitro benzene ring substituents is 1. The molecular weight excluding hydrogens is 268 g/mol. The van der Waals surface area contributed by atoms with Gasteiger partial charge in [0.15, 0.2) is 0 Å². The van der Waals surface area contributed by atoms with Crippen LogP contribution >= 0.6 is 0 Å². The molecule has 0 aliphatic heterocycles. The maximum atomic E-state index is 10.6. The van der Waals surface area contributed by atoms with E-state index in [9.17, 15) is 20.2 Å². The molecule has 1 aromatic heterocycles. The number of benzene rings is 1. The summed E-state index contributed by atoms with van der Waals surface area (Å²) in [4.78, 5) is 20.0. The molecule has 20 heavy (non-hydrogen) atoms. The zero-order valence-corrected chi connectivity index (χ0v) is 10.2. The lowest BCUT2D eigenvalue weighted by Gasteiger charge is -2.05. The summed E-state index contributed by atoms with van der Waals surface area (Å²) in [5.41, 5.74) is -0.155. The Kier molecular flexibility index (Phi) is 3.89. The van der Waals surface area contributed by atoms with Crippen LogP contribution in [0.3, 0.4) is 0 Å². The lowest BCUT2D eigenvalue weighted by molar-refractivity contribution is -0.385. The summed E-state index contributed by atoms with van der Waals surface area (Å²) in [5.74, 6) is 0.362. The zero-order valence-electron chi connectivity index (χ0n) is 10.2. The molecule has 0 saturated carbocycles. The Labute approximate surface area is 112 Å². The highest BCUT2D eigenvalue weighted by Crippen LogP contribution is 2.19. The van der Waals surface area contributed by atoms with Gasteiger partial charge in [0.1, 0.15) is 24.8 Å². The minimum absolute atomic E-state index is 0.0581. The fraction of sp³-hybridized carbons (Fsp3) is 0.182. The molecule has 2 aromatic rings. The van der Waals surface area contributed by atoms with Gasteiger partial charge in [-0.25, -0.2) is 0 Å². The summed E-state index contributed by atoms with van der Waals surface area (Å²) in [5, 5.41) is 24.9. The van der Waals surface area contributed by atoms with E-state index in [2.05, 4.69) is 5.10 Å². The molecule has 0 spiro atoms. The van der Waals surface area contributed by atoms with Gasteiger partial charge in [-0.3, -0.25) is 24.9 Å². The van der Waals surface area contributed by atoms with E-state index in [0.29, 0.717) is 12.3 Å². The molecule has 1 heterocycles. The maximum absolute atomic E-state index is 10.6. The van der Waals surface area contributed by atoms with Crippen LogP contribution in [0.5, 0.6) is 5.75 Å². The van der Waals surface area contributed by atoms with E-state index in [-0.39, 0.29) is 18.0 Å². The number of rotatable bonds is 6. The highest BCUT2D eigenvalue weighted by molar-refractivity contribution is 5.37. The zero-order chi connectivity index (χ0) is 14.5. The number of hydrogen-bond donors (Lipinski definition) is 0. The molecule has 0 aliphatic rings. The Bertz CT molecular complexity index is 639. The van der Waals surface area contributed by atoms with E-state index >= 15 is 0 Å². The lowest BCUT2D eigenvalue weighted by atomic mass is 10.3. The molecule has 0 bridgehead atoms. The van der Waals surface area contributed by atoms with E-state index in [1.807, 2.05) is 0 Å². The van der Waals surface area contributed by atoms with E-state index in [1.165, 1.54) is 29.1 Å². The van der Waals surface area contributed by atoms with Crippen LogP contribution in [-0.4, -0.2) is 26.2 Å². The first-order chi connectivity index (χ1) is 9.56. The van der Waals surface area contributed by atoms with Crippen molar-refractivity contribution in [2.75, 3.05) is 6.61 Å². The molecule has 9 heteroatoms. The molecule has 2 rings (SSSR count).